The highest BCUT2D eigenvalue weighted by Gasteiger charge is 2.23. The van der Waals surface area contributed by atoms with Crippen LogP contribution in [0.3, 0.4) is 0 Å². The van der Waals surface area contributed by atoms with Gasteiger partial charge in [-0.2, -0.15) is 0 Å². The summed E-state index contributed by atoms with van der Waals surface area (Å²) in [6, 6.07) is 6.97. The molecule has 1 aromatic carbocycles. The SMILES string of the molecule is Nc1ccccc1C(=O)OCC1CC1. The fourth-order valence-electron chi connectivity index (χ4n) is 1.24. The number of hydrogen-bond acceptors (Lipinski definition) is 3. The smallest absolute Gasteiger partial charge is 0.340 e. The van der Waals surface area contributed by atoms with Crippen LogP contribution in [-0.4, -0.2) is 12.6 Å². The topological polar surface area (TPSA) is 52.3 Å². The minimum Gasteiger partial charge on any atom is -0.462 e. The van der Waals surface area contributed by atoms with Crippen LogP contribution in [0.15, 0.2) is 24.3 Å². The molecule has 0 amide bonds. The zero-order valence-electron chi connectivity index (χ0n) is 7.90. The molecule has 1 saturated carbocycles. The van der Waals surface area contributed by atoms with E-state index in [0.717, 1.165) is 0 Å². The number of nitrogen functional groups attached to an aromatic ring is 1. The molecular formula is C11H13NO2. The molecule has 2 rings (SSSR count). The third kappa shape index (κ3) is 2.05. The number of para-hydroxylation sites is 1. The fraction of sp³-hybridized carbons (Fsp3) is 0.364. The molecule has 3 nitrogen and oxygen atoms in total. The molecule has 14 heavy (non-hydrogen) atoms. The van der Waals surface area contributed by atoms with Crippen LogP contribution in [0.1, 0.15) is 23.2 Å². The van der Waals surface area contributed by atoms with E-state index in [1.54, 1.807) is 24.3 Å². The fourth-order valence-corrected chi connectivity index (χ4v) is 1.24. The lowest BCUT2D eigenvalue weighted by Gasteiger charge is -2.05. The van der Waals surface area contributed by atoms with Gasteiger partial charge < -0.3 is 10.5 Å². The normalized spacial score (nSPS) is 15.1. The highest BCUT2D eigenvalue weighted by Crippen LogP contribution is 2.29. The van der Waals surface area contributed by atoms with Gasteiger partial charge in [-0.05, 0) is 30.9 Å². The lowest BCUT2D eigenvalue weighted by atomic mass is 10.2. The maximum absolute atomic E-state index is 11.5. The van der Waals surface area contributed by atoms with Crippen LogP contribution in [0.2, 0.25) is 0 Å². The average Bonchev–Trinajstić information content (AvgIpc) is 2.98. The monoisotopic (exact) mass is 191 g/mol. The van der Waals surface area contributed by atoms with Crippen LogP contribution in [-0.2, 0) is 4.74 Å². The van der Waals surface area contributed by atoms with Crippen molar-refractivity contribution in [2.24, 2.45) is 5.92 Å². The minimum atomic E-state index is -0.310. The van der Waals surface area contributed by atoms with Gasteiger partial charge in [0, 0.05) is 5.69 Å². The zero-order valence-corrected chi connectivity index (χ0v) is 7.90. The van der Waals surface area contributed by atoms with Gasteiger partial charge in [-0.1, -0.05) is 12.1 Å². The van der Waals surface area contributed by atoms with Crippen LogP contribution in [0, 0.1) is 5.92 Å². The largest absolute Gasteiger partial charge is 0.462 e. The standard InChI is InChI=1S/C11H13NO2/c12-10-4-2-1-3-9(10)11(13)14-7-8-5-6-8/h1-4,8H,5-7,12H2. The van der Waals surface area contributed by atoms with Gasteiger partial charge in [0.05, 0.1) is 12.2 Å². The molecule has 1 aliphatic carbocycles. The Hall–Kier alpha value is -1.51. The Morgan fingerprint density at radius 3 is 2.79 bits per heavy atom. The van der Waals surface area contributed by atoms with E-state index in [0.29, 0.717) is 23.8 Å². The van der Waals surface area contributed by atoms with Gasteiger partial charge in [0.15, 0.2) is 0 Å². The second-order valence-electron chi connectivity index (χ2n) is 3.63. The van der Waals surface area contributed by atoms with Gasteiger partial charge >= 0.3 is 5.97 Å². The molecule has 0 aliphatic heterocycles. The molecular weight excluding hydrogens is 178 g/mol. The van der Waals surface area contributed by atoms with Gasteiger partial charge in [0.25, 0.3) is 0 Å². The summed E-state index contributed by atoms with van der Waals surface area (Å²) in [5, 5.41) is 0. The van der Waals surface area contributed by atoms with Crippen molar-refractivity contribution in [3.05, 3.63) is 29.8 Å². The highest BCUT2D eigenvalue weighted by atomic mass is 16.5. The van der Waals surface area contributed by atoms with Gasteiger partial charge in [-0.15, -0.1) is 0 Å². The number of benzene rings is 1. The Labute approximate surface area is 82.9 Å². The van der Waals surface area contributed by atoms with Gasteiger partial charge in [0.2, 0.25) is 0 Å². The first-order valence-corrected chi connectivity index (χ1v) is 4.79. The van der Waals surface area contributed by atoms with Crippen molar-refractivity contribution in [3.8, 4) is 0 Å². The number of hydrogen-bond donors (Lipinski definition) is 1. The van der Waals surface area contributed by atoms with Gasteiger partial charge in [-0.3, -0.25) is 0 Å². The summed E-state index contributed by atoms with van der Waals surface area (Å²) in [7, 11) is 0. The summed E-state index contributed by atoms with van der Waals surface area (Å²) in [5.41, 5.74) is 6.59. The van der Waals surface area contributed by atoms with E-state index in [9.17, 15) is 4.79 Å². The number of carbonyl (C=O) groups is 1. The molecule has 0 aromatic heterocycles. The second kappa shape index (κ2) is 3.70. The highest BCUT2D eigenvalue weighted by molar-refractivity contribution is 5.94. The lowest BCUT2D eigenvalue weighted by molar-refractivity contribution is 0.0487. The van der Waals surface area contributed by atoms with Crippen LogP contribution in [0.4, 0.5) is 5.69 Å². The molecule has 0 unspecified atom stereocenters. The van der Waals surface area contributed by atoms with E-state index >= 15 is 0 Å². The Kier molecular flexibility index (Phi) is 2.39. The van der Waals surface area contributed by atoms with Crippen molar-refractivity contribution < 1.29 is 9.53 Å². The lowest BCUT2D eigenvalue weighted by Crippen LogP contribution is -2.09. The van der Waals surface area contributed by atoms with Crippen molar-refractivity contribution in [2.45, 2.75) is 12.8 Å². The maximum atomic E-state index is 11.5. The summed E-state index contributed by atoms with van der Waals surface area (Å²) in [4.78, 5) is 11.5. The third-order valence-electron chi connectivity index (χ3n) is 2.33. The van der Waals surface area contributed by atoms with Crippen LogP contribution in [0.25, 0.3) is 0 Å². The molecule has 1 fully saturated rings. The van der Waals surface area contributed by atoms with E-state index in [-0.39, 0.29) is 5.97 Å². The first kappa shape index (κ1) is 9.06. The molecule has 1 aliphatic rings. The molecule has 0 heterocycles. The Morgan fingerprint density at radius 2 is 2.14 bits per heavy atom. The molecule has 0 bridgehead atoms. The summed E-state index contributed by atoms with van der Waals surface area (Å²) in [6.45, 7) is 0.535. The molecule has 0 saturated heterocycles. The molecule has 1 aromatic rings. The number of esters is 1. The van der Waals surface area contributed by atoms with Gasteiger partial charge in [-0.25, -0.2) is 4.79 Å². The second-order valence-corrected chi connectivity index (χ2v) is 3.63. The molecule has 2 N–H and O–H groups in total. The predicted octanol–water partition coefficient (Wildman–Crippen LogP) is 1.84. The Bertz CT molecular complexity index is 345. The molecule has 0 spiro atoms. The number of nitrogens with two attached hydrogens (primary N) is 1. The number of rotatable bonds is 3. The molecule has 0 atom stereocenters. The van der Waals surface area contributed by atoms with Crippen molar-refractivity contribution in [1.82, 2.24) is 0 Å². The zero-order chi connectivity index (χ0) is 9.97. The summed E-state index contributed by atoms with van der Waals surface area (Å²) < 4.78 is 5.11. The van der Waals surface area contributed by atoms with E-state index < -0.39 is 0 Å². The number of anilines is 1. The first-order chi connectivity index (χ1) is 6.77. The first-order valence-electron chi connectivity index (χ1n) is 4.79. The quantitative estimate of drug-likeness (QED) is 0.585. The van der Waals surface area contributed by atoms with Crippen molar-refractivity contribution in [2.75, 3.05) is 12.3 Å². The van der Waals surface area contributed by atoms with Crippen molar-refractivity contribution in [1.29, 1.82) is 0 Å². The van der Waals surface area contributed by atoms with Crippen LogP contribution in [0.5, 0.6) is 0 Å². The minimum absolute atomic E-state index is 0.310. The van der Waals surface area contributed by atoms with E-state index in [4.69, 9.17) is 10.5 Å². The molecule has 3 heteroatoms. The average molecular weight is 191 g/mol. The molecule has 74 valence electrons. The van der Waals surface area contributed by atoms with E-state index in [1.807, 2.05) is 0 Å². The third-order valence-corrected chi connectivity index (χ3v) is 2.33. The Morgan fingerprint density at radius 1 is 1.43 bits per heavy atom. The van der Waals surface area contributed by atoms with Gasteiger partial charge in [0.1, 0.15) is 0 Å². The van der Waals surface area contributed by atoms with Crippen molar-refractivity contribution >= 4 is 11.7 Å². The van der Waals surface area contributed by atoms with Crippen LogP contribution < -0.4 is 5.73 Å². The summed E-state index contributed by atoms with van der Waals surface area (Å²) in [6.07, 6.45) is 2.36. The number of carbonyl (C=O) groups excluding carboxylic acids is 1. The van der Waals surface area contributed by atoms with Crippen LogP contribution >= 0.6 is 0 Å². The molecule has 0 radical (unpaired) electrons. The van der Waals surface area contributed by atoms with E-state index in [1.165, 1.54) is 12.8 Å². The summed E-state index contributed by atoms with van der Waals surface area (Å²) >= 11 is 0. The summed E-state index contributed by atoms with van der Waals surface area (Å²) in [5.74, 6) is 0.277. The van der Waals surface area contributed by atoms with E-state index in [2.05, 4.69) is 0 Å². The number of ether oxygens (including phenoxy) is 1. The Balaban J connectivity index is 1.98. The predicted molar refractivity (Wildman–Crippen MR) is 53.9 cm³/mol. The maximum Gasteiger partial charge on any atom is 0.340 e. The van der Waals surface area contributed by atoms with Crippen molar-refractivity contribution in [3.63, 3.8) is 0 Å².